The summed E-state index contributed by atoms with van der Waals surface area (Å²) in [5.74, 6) is 0.412. The van der Waals surface area contributed by atoms with Crippen molar-refractivity contribution in [3.8, 4) is 5.75 Å². The van der Waals surface area contributed by atoms with Crippen molar-refractivity contribution in [3.63, 3.8) is 0 Å². The zero-order chi connectivity index (χ0) is 9.42. The summed E-state index contributed by atoms with van der Waals surface area (Å²) in [6, 6.07) is 4.85. The number of fused-ring (bicyclic) bond motifs is 1. The van der Waals surface area contributed by atoms with Gasteiger partial charge in [0.05, 0.1) is 6.04 Å². The van der Waals surface area contributed by atoms with E-state index in [-0.39, 0.29) is 18.0 Å². The Morgan fingerprint density at radius 2 is 2.23 bits per heavy atom. The third-order valence-corrected chi connectivity index (χ3v) is 2.40. The van der Waals surface area contributed by atoms with E-state index in [1.165, 1.54) is 12.1 Å². The lowest BCUT2D eigenvalue weighted by Crippen LogP contribution is -2.25. The van der Waals surface area contributed by atoms with Crippen LogP contribution < -0.4 is 10.1 Å². The molecule has 1 aliphatic rings. The summed E-state index contributed by atoms with van der Waals surface area (Å²) in [4.78, 5) is 0. The van der Waals surface area contributed by atoms with Crippen LogP contribution in [0.5, 0.6) is 5.75 Å². The van der Waals surface area contributed by atoms with Crippen LogP contribution in [0.3, 0.4) is 0 Å². The van der Waals surface area contributed by atoms with Gasteiger partial charge in [-0.15, -0.1) is 0 Å². The molecule has 2 atom stereocenters. The van der Waals surface area contributed by atoms with Gasteiger partial charge in [-0.25, -0.2) is 4.39 Å². The Bertz CT molecular complexity index is 327. The van der Waals surface area contributed by atoms with E-state index in [4.69, 9.17) is 4.74 Å². The standard InChI is InChI=1S/C10H12FNO/c1-6-10(12-2)8-4-3-7(11)5-9(8)13-6/h3-6,10,12H,1-2H3. The zero-order valence-electron chi connectivity index (χ0n) is 7.67. The third-order valence-electron chi connectivity index (χ3n) is 2.40. The minimum Gasteiger partial charge on any atom is -0.488 e. The van der Waals surface area contributed by atoms with Crippen molar-refractivity contribution in [2.45, 2.75) is 19.1 Å². The monoisotopic (exact) mass is 181 g/mol. The summed E-state index contributed by atoms with van der Waals surface area (Å²) in [6.45, 7) is 1.97. The SMILES string of the molecule is CNC1c2ccc(F)cc2OC1C. The van der Waals surface area contributed by atoms with Crippen LogP contribution in [0.1, 0.15) is 18.5 Å². The summed E-state index contributed by atoms with van der Waals surface area (Å²) in [5, 5.41) is 3.14. The minimum absolute atomic E-state index is 0.0711. The van der Waals surface area contributed by atoms with E-state index in [9.17, 15) is 4.39 Å². The second-order valence-corrected chi connectivity index (χ2v) is 3.27. The first-order valence-corrected chi connectivity index (χ1v) is 4.35. The van der Waals surface area contributed by atoms with Crippen LogP contribution in [0.25, 0.3) is 0 Å². The number of likely N-dealkylation sites (N-methyl/N-ethyl adjacent to an activating group) is 1. The predicted octanol–water partition coefficient (Wildman–Crippen LogP) is 1.87. The Hall–Kier alpha value is -1.09. The molecule has 1 N–H and O–H groups in total. The Labute approximate surface area is 76.7 Å². The molecule has 0 saturated carbocycles. The highest BCUT2D eigenvalue weighted by Crippen LogP contribution is 2.36. The Morgan fingerprint density at radius 3 is 2.92 bits per heavy atom. The molecule has 3 heteroatoms. The molecule has 0 spiro atoms. The third kappa shape index (κ3) is 1.29. The first-order chi connectivity index (χ1) is 6.22. The van der Waals surface area contributed by atoms with Gasteiger partial charge in [-0.05, 0) is 20.0 Å². The second kappa shape index (κ2) is 3.00. The van der Waals surface area contributed by atoms with E-state index in [0.717, 1.165) is 5.56 Å². The van der Waals surface area contributed by atoms with Crippen molar-refractivity contribution < 1.29 is 9.13 Å². The molecule has 1 aliphatic heterocycles. The van der Waals surface area contributed by atoms with Crippen molar-refractivity contribution in [3.05, 3.63) is 29.6 Å². The molecule has 0 aliphatic carbocycles. The summed E-state index contributed by atoms with van der Waals surface area (Å²) in [7, 11) is 1.88. The molecule has 0 bridgehead atoms. The van der Waals surface area contributed by atoms with Gasteiger partial charge in [0.2, 0.25) is 0 Å². The molecule has 0 fully saturated rings. The maximum Gasteiger partial charge on any atom is 0.127 e. The van der Waals surface area contributed by atoms with Gasteiger partial charge in [0.15, 0.2) is 0 Å². The number of rotatable bonds is 1. The molecule has 2 unspecified atom stereocenters. The van der Waals surface area contributed by atoms with Crippen molar-refractivity contribution in [1.29, 1.82) is 0 Å². The average Bonchev–Trinajstić information content (AvgIpc) is 2.39. The van der Waals surface area contributed by atoms with E-state index in [1.54, 1.807) is 6.07 Å². The van der Waals surface area contributed by atoms with E-state index < -0.39 is 0 Å². The van der Waals surface area contributed by atoms with Gasteiger partial charge in [0.25, 0.3) is 0 Å². The molecule has 1 aromatic carbocycles. The van der Waals surface area contributed by atoms with Crippen molar-refractivity contribution in [2.75, 3.05) is 7.05 Å². The summed E-state index contributed by atoms with van der Waals surface area (Å²) in [6.07, 6.45) is 0.0711. The van der Waals surface area contributed by atoms with Crippen LogP contribution in [0.15, 0.2) is 18.2 Å². The number of hydrogen-bond donors (Lipinski definition) is 1. The molecule has 1 aromatic rings. The van der Waals surface area contributed by atoms with Gasteiger partial charge in [-0.1, -0.05) is 6.07 Å². The van der Waals surface area contributed by atoms with E-state index in [0.29, 0.717) is 5.75 Å². The van der Waals surface area contributed by atoms with Crippen molar-refractivity contribution >= 4 is 0 Å². The van der Waals surface area contributed by atoms with Gasteiger partial charge in [-0.2, -0.15) is 0 Å². The summed E-state index contributed by atoms with van der Waals surface area (Å²) in [5.41, 5.74) is 1.04. The molecular formula is C10H12FNO. The minimum atomic E-state index is -0.247. The summed E-state index contributed by atoms with van der Waals surface area (Å²) >= 11 is 0. The first kappa shape index (κ1) is 8.51. The van der Waals surface area contributed by atoms with E-state index in [2.05, 4.69) is 5.32 Å². The lowest BCUT2D eigenvalue weighted by molar-refractivity contribution is 0.214. The number of benzene rings is 1. The molecule has 2 nitrogen and oxygen atoms in total. The Kier molecular flexibility index (Phi) is 1.96. The lowest BCUT2D eigenvalue weighted by atomic mass is 10.1. The first-order valence-electron chi connectivity index (χ1n) is 4.35. The quantitative estimate of drug-likeness (QED) is 0.714. The number of halogens is 1. The molecule has 0 amide bonds. The molecule has 0 radical (unpaired) electrons. The lowest BCUT2D eigenvalue weighted by Gasteiger charge is -2.12. The molecule has 2 rings (SSSR count). The maximum absolute atomic E-state index is 12.8. The van der Waals surface area contributed by atoms with Gasteiger partial charge >= 0.3 is 0 Å². The molecule has 13 heavy (non-hydrogen) atoms. The maximum atomic E-state index is 12.8. The highest BCUT2D eigenvalue weighted by Gasteiger charge is 2.29. The number of ether oxygens (including phenoxy) is 1. The fourth-order valence-corrected chi connectivity index (χ4v) is 1.78. The smallest absolute Gasteiger partial charge is 0.127 e. The second-order valence-electron chi connectivity index (χ2n) is 3.27. The fraction of sp³-hybridized carbons (Fsp3) is 0.400. The van der Waals surface area contributed by atoms with Crippen molar-refractivity contribution in [1.82, 2.24) is 5.32 Å². The highest BCUT2D eigenvalue weighted by atomic mass is 19.1. The number of hydrogen-bond acceptors (Lipinski definition) is 2. The Morgan fingerprint density at radius 1 is 1.46 bits per heavy atom. The molecule has 70 valence electrons. The van der Waals surface area contributed by atoms with Crippen LogP contribution in [0.2, 0.25) is 0 Å². The molecule has 0 aromatic heterocycles. The van der Waals surface area contributed by atoms with Gasteiger partial charge in [-0.3, -0.25) is 0 Å². The predicted molar refractivity (Wildman–Crippen MR) is 48.3 cm³/mol. The van der Waals surface area contributed by atoms with Crippen LogP contribution in [0, 0.1) is 5.82 Å². The largest absolute Gasteiger partial charge is 0.488 e. The van der Waals surface area contributed by atoms with Gasteiger partial charge in [0.1, 0.15) is 17.7 Å². The van der Waals surface area contributed by atoms with Crippen LogP contribution in [-0.4, -0.2) is 13.2 Å². The van der Waals surface area contributed by atoms with E-state index in [1.807, 2.05) is 14.0 Å². The molecule has 0 saturated heterocycles. The van der Waals surface area contributed by atoms with Crippen LogP contribution in [0.4, 0.5) is 4.39 Å². The summed E-state index contributed by atoms with van der Waals surface area (Å²) < 4.78 is 18.3. The number of nitrogens with one attached hydrogen (secondary N) is 1. The van der Waals surface area contributed by atoms with Gasteiger partial charge in [0, 0.05) is 11.6 Å². The van der Waals surface area contributed by atoms with E-state index >= 15 is 0 Å². The topological polar surface area (TPSA) is 21.3 Å². The van der Waals surface area contributed by atoms with Crippen LogP contribution >= 0.6 is 0 Å². The van der Waals surface area contributed by atoms with Crippen LogP contribution in [-0.2, 0) is 0 Å². The van der Waals surface area contributed by atoms with Crippen molar-refractivity contribution in [2.24, 2.45) is 0 Å². The molecule has 1 heterocycles. The Balaban J connectivity index is 2.42. The molecular weight excluding hydrogens is 169 g/mol. The zero-order valence-corrected chi connectivity index (χ0v) is 7.67. The fourth-order valence-electron chi connectivity index (χ4n) is 1.78. The van der Waals surface area contributed by atoms with Gasteiger partial charge < -0.3 is 10.1 Å². The normalized spacial score (nSPS) is 25.5. The highest BCUT2D eigenvalue weighted by molar-refractivity contribution is 5.40. The average molecular weight is 181 g/mol.